The first kappa shape index (κ1) is 13.5. The van der Waals surface area contributed by atoms with E-state index < -0.39 is 0 Å². The molecule has 0 aromatic heterocycles. The lowest BCUT2D eigenvalue weighted by atomic mass is 9.95. The summed E-state index contributed by atoms with van der Waals surface area (Å²) in [6.07, 6.45) is 1.06. The molecule has 0 spiro atoms. The van der Waals surface area contributed by atoms with Crippen LogP contribution in [0, 0.1) is 0 Å². The summed E-state index contributed by atoms with van der Waals surface area (Å²) in [6.45, 7) is 7.44. The zero-order chi connectivity index (χ0) is 12.8. The largest absolute Gasteiger partial charge is 0.385 e. The molecular weight excluding hydrogens is 224 g/mol. The van der Waals surface area contributed by atoms with E-state index in [1.165, 1.54) is 5.56 Å². The van der Waals surface area contributed by atoms with Gasteiger partial charge in [-0.15, -0.1) is 0 Å². The van der Waals surface area contributed by atoms with Crippen LogP contribution in [0.1, 0.15) is 18.9 Å². The van der Waals surface area contributed by atoms with E-state index in [0.717, 1.165) is 39.2 Å². The molecule has 1 aromatic carbocycles. The molecule has 1 N–H and O–H groups in total. The first-order valence-electron chi connectivity index (χ1n) is 6.72. The quantitative estimate of drug-likeness (QED) is 0.861. The lowest BCUT2D eigenvalue weighted by Crippen LogP contribution is -2.58. The first-order chi connectivity index (χ1) is 8.72. The Bertz CT molecular complexity index is 355. The van der Waals surface area contributed by atoms with Gasteiger partial charge in [0.25, 0.3) is 0 Å². The third-order valence-corrected chi connectivity index (χ3v) is 3.66. The number of nitrogens with zero attached hydrogens (tertiary/aromatic N) is 1. The fraction of sp³-hybridized carbons (Fsp3) is 0.600. The van der Waals surface area contributed by atoms with Crippen LogP contribution in [0.3, 0.4) is 0 Å². The minimum Gasteiger partial charge on any atom is -0.385 e. The smallest absolute Gasteiger partial charge is 0.0480 e. The third kappa shape index (κ3) is 3.80. The van der Waals surface area contributed by atoms with Crippen molar-refractivity contribution in [1.82, 2.24) is 10.2 Å². The molecule has 3 heteroatoms. The second-order valence-electron chi connectivity index (χ2n) is 5.43. The summed E-state index contributed by atoms with van der Waals surface area (Å²) in [5.74, 6) is 0. The van der Waals surface area contributed by atoms with Crippen LogP contribution in [0.4, 0.5) is 0 Å². The van der Waals surface area contributed by atoms with Crippen LogP contribution in [0.5, 0.6) is 0 Å². The van der Waals surface area contributed by atoms with E-state index in [9.17, 15) is 0 Å². The molecule has 1 aromatic rings. The first-order valence-corrected chi connectivity index (χ1v) is 6.72. The Morgan fingerprint density at radius 2 is 2.11 bits per heavy atom. The maximum absolute atomic E-state index is 5.20. The highest BCUT2D eigenvalue weighted by Crippen LogP contribution is 2.17. The summed E-state index contributed by atoms with van der Waals surface area (Å²) < 4.78 is 5.20. The van der Waals surface area contributed by atoms with Crippen molar-refractivity contribution in [2.45, 2.75) is 25.4 Å². The predicted molar refractivity (Wildman–Crippen MR) is 74.6 cm³/mol. The minimum absolute atomic E-state index is 0.184. The number of rotatable bonds is 5. The Morgan fingerprint density at radius 3 is 2.83 bits per heavy atom. The molecule has 1 aliphatic rings. The van der Waals surface area contributed by atoms with Gasteiger partial charge in [0.15, 0.2) is 0 Å². The monoisotopic (exact) mass is 248 g/mol. The summed E-state index contributed by atoms with van der Waals surface area (Å²) in [5, 5.41) is 3.62. The Kier molecular flexibility index (Phi) is 4.75. The van der Waals surface area contributed by atoms with E-state index in [2.05, 4.69) is 47.5 Å². The second kappa shape index (κ2) is 6.32. The highest BCUT2D eigenvalue weighted by molar-refractivity contribution is 5.14. The van der Waals surface area contributed by atoms with Gasteiger partial charge in [0.2, 0.25) is 0 Å². The van der Waals surface area contributed by atoms with Crippen molar-refractivity contribution in [3.63, 3.8) is 0 Å². The van der Waals surface area contributed by atoms with Crippen LogP contribution in [0.25, 0.3) is 0 Å². The van der Waals surface area contributed by atoms with Gasteiger partial charge < -0.3 is 10.1 Å². The Labute approximate surface area is 110 Å². The zero-order valence-electron chi connectivity index (χ0n) is 11.5. The van der Waals surface area contributed by atoms with Crippen LogP contribution < -0.4 is 5.32 Å². The van der Waals surface area contributed by atoms with Gasteiger partial charge in [-0.05, 0) is 18.9 Å². The highest BCUT2D eigenvalue weighted by atomic mass is 16.5. The third-order valence-electron chi connectivity index (χ3n) is 3.66. The van der Waals surface area contributed by atoms with E-state index >= 15 is 0 Å². The number of nitrogens with one attached hydrogen (secondary N) is 1. The summed E-state index contributed by atoms with van der Waals surface area (Å²) in [6, 6.07) is 10.7. The molecule has 0 unspecified atom stereocenters. The summed E-state index contributed by atoms with van der Waals surface area (Å²) in [4.78, 5) is 2.53. The van der Waals surface area contributed by atoms with Crippen molar-refractivity contribution in [2.24, 2.45) is 0 Å². The van der Waals surface area contributed by atoms with Crippen LogP contribution in [-0.2, 0) is 11.3 Å². The molecule has 2 rings (SSSR count). The van der Waals surface area contributed by atoms with Gasteiger partial charge in [0.05, 0.1) is 0 Å². The van der Waals surface area contributed by atoms with Crippen molar-refractivity contribution >= 4 is 0 Å². The van der Waals surface area contributed by atoms with Crippen molar-refractivity contribution in [1.29, 1.82) is 0 Å². The number of hydrogen-bond donors (Lipinski definition) is 1. The number of ether oxygens (including phenoxy) is 1. The van der Waals surface area contributed by atoms with Crippen molar-refractivity contribution in [2.75, 3.05) is 33.4 Å². The maximum atomic E-state index is 5.20. The summed E-state index contributed by atoms with van der Waals surface area (Å²) in [7, 11) is 1.77. The topological polar surface area (TPSA) is 24.5 Å². The maximum Gasteiger partial charge on any atom is 0.0480 e. The average Bonchev–Trinajstić information content (AvgIpc) is 2.38. The molecular formula is C15H24N2O. The SMILES string of the molecule is COCC[C@@]1(C)CN(Cc2ccccc2)CCN1. The van der Waals surface area contributed by atoms with Crippen molar-refractivity contribution < 1.29 is 4.74 Å². The Morgan fingerprint density at radius 1 is 1.33 bits per heavy atom. The van der Waals surface area contributed by atoms with E-state index in [0.29, 0.717) is 0 Å². The highest BCUT2D eigenvalue weighted by Gasteiger charge is 2.29. The van der Waals surface area contributed by atoms with Gasteiger partial charge >= 0.3 is 0 Å². The van der Waals surface area contributed by atoms with Crippen molar-refractivity contribution in [3.8, 4) is 0 Å². The molecule has 1 fully saturated rings. The normalized spacial score (nSPS) is 25.2. The molecule has 0 radical (unpaired) electrons. The number of piperazine rings is 1. The van der Waals surface area contributed by atoms with Crippen LogP contribution in [0.15, 0.2) is 30.3 Å². The summed E-state index contributed by atoms with van der Waals surface area (Å²) in [5.41, 5.74) is 1.58. The lowest BCUT2D eigenvalue weighted by Gasteiger charge is -2.41. The molecule has 0 amide bonds. The molecule has 1 saturated heterocycles. The van der Waals surface area contributed by atoms with Crippen molar-refractivity contribution in [3.05, 3.63) is 35.9 Å². The van der Waals surface area contributed by atoms with E-state index in [1.54, 1.807) is 7.11 Å². The minimum atomic E-state index is 0.184. The number of benzene rings is 1. The summed E-state index contributed by atoms with van der Waals surface area (Å²) >= 11 is 0. The number of methoxy groups -OCH3 is 1. The average molecular weight is 248 g/mol. The van der Waals surface area contributed by atoms with Gasteiger partial charge in [-0.25, -0.2) is 0 Å². The van der Waals surface area contributed by atoms with Crippen LogP contribution >= 0.6 is 0 Å². The lowest BCUT2D eigenvalue weighted by molar-refractivity contribution is 0.0971. The van der Waals surface area contributed by atoms with E-state index in [1.807, 2.05) is 0 Å². The van der Waals surface area contributed by atoms with E-state index in [4.69, 9.17) is 4.74 Å². The molecule has 0 aliphatic carbocycles. The molecule has 0 bridgehead atoms. The molecule has 1 heterocycles. The second-order valence-corrected chi connectivity index (χ2v) is 5.43. The van der Waals surface area contributed by atoms with Gasteiger partial charge in [-0.2, -0.15) is 0 Å². The van der Waals surface area contributed by atoms with Gasteiger partial charge in [-0.1, -0.05) is 30.3 Å². The fourth-order valence-corrected chi connectivity index (χ4v) is 2.62. The molecule has 18 heavy (non-hydrogen) atoms. The molecule has 3 nitrogen and oxygen atoms in total. The fourth-order valence-electron chi connectivity index (χ4n) is 2.62. The Balaban J connectivity index is 1.90. The molecule has 1 atom stereocenters. The van der Waals surface area contributed by atoms with Gasteiger partial charge in [-0.3, -0.25) is 4.90 Å². The standard InChI is InChI=1S/C15H24N2O/c1-15(8-11-18-2)13-17(10-9-16-15)12-14-6-4-3-5-7-14/h3-7,16H,8-13H2,1-2H3/t15-/m0/s1. The van der Waals surface area contributed by atoms with Gasteiger partial charge in [0, 0.05) is 45.4 Å². The molecule has 100 valence electrons. The van der Waals surface area contributed by atoms with Crippen LogP contribution in [-0.4, -0.2) is 43.8 Å². The van der Waals surface area contributed by atoms with E-state index in [-0.39, 0.29) is 5.54 Å². The molecule has 1 aliphatic heterocycles. The number of hydrogen-bond acceptors (Lipinski definition) is 3. The predicted octanol–water partition coefficient (Wildman–Crippen LogP) is 1.89. The van der Waals surface area contributed by atoms with Gasteiger partial charge in [0.1, 0.15) is 0 Å². The zero-order valence-corrected chi connectivity index (χ0v) is 11.5. The van der Waals surface area contributed by atoms with Crippen LogP contribution in [0.2, 0.25) is 0 Å². The Hall–Kier alpha value is -0.900. The molecule has 0 saturated carbocycles.